The van der Waals surface area contributed by atoms with Gasteiger partial charge >= 0.3 is 12.1 Å². The molecular weight excluding hydrogens is 476 g/mol. The molecule has 10 heteroatoms. The topological polar surface area (TPSA) is 113 Å². The standard InChI is InChI=1S/C24H30N2O6S2/c1-23(2,3)32-22(29)26-13-11-17(12-14-26)19-9-10-20(33-19)34(30,31)25-24(21(27)28)15-18(24)16-7-5-4-6-8-16/h4-9,11,18,20,25H,10,12-15H2,1-3H3,(H,27,28)/t18-,20?,24+/m1/s1. The summed E-state index contributed by atoms with van der Waals surface area (Å²) in [5, 5.41) is 9.84. The van der Waals surface area contributed by atoms with E-state index in [1.807, 2.05) is 63.3 Å². The SMILES string of the molecule is CC(C)(C)OC(=O)N1CC=C(C2=CCC(S(=O)(=O)N[C@@]3(C(=O)O)C[C@@H]3c3ccccc3)S2)CC1. The normalized spacial score (nSPS) is 27.1. The number of ether oxygens (including phenoxy) is 1. The van der Waals surface area contributed by atoms with Crippen LogP contribution in [-0.2, 0) is 19.6 Å². The number of carboxylic acid groups (broad SMARTS) is 1. The summed E-state index contributed by atoms with van der Waals surface area (Å²) in [5.41, 5.74) is -0.244. The Morgan fingerprint density at radius 1 is 1.21 bits per heavy atom. The van der Waals surface area contributed by atoms with Crippen molar-refractivity contribution in [2.24, 2.45) is 0 Å². The van der Waals surface area contributed by atoms with Crippen molar-refractivity contribution in [1.82, 2.24) is 9.62 Å². The van der Waals surface area contributed by atoms with Gasteiger partial charge in [0.2, 0.25) is 10.0 Å². The van der Waals surface area contributed by atoms with Crippen molar-refractivity contribution in [2.45, 2.75) is 61.7 Å². The zero-order valence-corrected chi connectivity index (χ0v) is 21.1. The number of carboxylic acids is 1. The molecule has 2 N–H and O–H groups in total. The van der Waals surface area contributed by atoms with Crippen LogP contribution in [0.3, 0.4) is 0 Å². The van der Waals surface area contributed by atoms with Gasteiger partial charge in [-0.2, -0.15) is 4.72 Å². The summed E-state index contributed by atoms with van der Waals surface area (Å²) in [6.45, 7) is 6.36. The van der Waals surface area contributed by atoms with E-state index in [1.165, 1.54) is 11.8 Å². The van der Waals surface area contributed by atoms with Crippen LogP contribution in [0, 0.1) is 0 Å². The molecule has 1 amide bonds. The molecule has 0 radical (unpaired) electrons. The van der Waals surface area contributed by atoms with Gasteiger partial charge in [-0.25, -0.2) is 13.2 Å². The molecule has 1 unspecified atom stereocenters. The van der Waals surface area contributed by atoms with Gasteiger partial charge in [-0.15, -0.1) is 11.8 Å². The average Bonchev–Trinajstić information content (AvgIpc) is 3.26. The molecule has 0 aromatic heterocycles. The van der Waals surface area contributed by atoms with Gasteiger partial charge in [0, 0.05) is 23.9 Å². The van der Waals surface area contributed by atoms with Crippen LogP contribution in [0.1, 0.15) is 51.5 Å². The van der Waals surface area contributed by atoms with E-state index >= 15 is 0 Å². The van der Waals surface area contributed by atoms with Crippen molar-refractivity contribution >= 4 is 33.8 Å². The van der Waals surface area contributed by atoms with Crippen LogP contribution < -0.4 is 4.72 Å². The third kappa shape index (κ3) is 5.18. The van der Waals surface area contributed by atoms with Gasteiger partial charge in [-0.3, -0.25) is 4.79 Å². The molecular formula is C24H30N2O6S2. The summed E-state index contributed by atoms with van der Waals surface area (Å²) in [6, 6.07) is 9.13. The van der Waals surface area contributed by atoms with Gasteiger partial charge in [-0.05, 0) is 51.2 Å². The maximum absolute atomic E-state index is 13.2. The fourth-order valence-electron chi connectivity index (χ4n) is 4.29. The summed E-state index contributed by atoms with van der Waals surface area (Å²) in [5.74, 6) is -1.54. The minimum Gasteiger partial charge on any atom is -0.480 e. The number of hydrogen-bond acceptors (Lipinski definition) is 6. The molecule has 1 aliphatic carbocycles. The van der Waals surface area contributed by atoms with Crippen LogP contribution in [-0.4, -0.2) is 59.3 Å². The van der Waals surface area contributed by atoms with E-state index in [4.69, 9.17) is 4.74 Å². The lowest BCUT2D eigenvalue weighted by atomic mass is 10.1. The molecule has 1 aromatic carbocycles. The molecule has 184 valence electrons. The number of benzene rings is 1. The first-order valence-electron chi connectivity index (χ1n) is 11.3. The number of thioether (sulfide) groups is 1. The van der Waals surface area contributed by atoms with Crippen molar-refractivity contribution in [2.75, 3.05) is 13.1 Å². The number of hydrogen-bond donors (Lipinski definition) is 2. The Bertz CT molecular complexity index is 1140. The van der Waals surface area contributed by atoms with E-state index in [-0.39, 0.29) is 18.4 Å². The molecule has 3 aliphatic rings. The molecule has 2 aliphatic heterocycles. The predicted octanol–water partition coefficient (Wildman–Crippen LogP) is 3.83. The molecule has 3 atom stereocenters. The van der Waals surface area contributed by atoms with Crippen molar-refractivity contribution in [3.63, 3.8) is 0 Å². The van der Waals surface area contributed by atoms with Crippen LogP contribution in [0.15, 0.2) is 53.0 Å². The summed E-state index contributed by atoms with van der Waals surface area (Å²) >= 11 is 1.24. The third-order valence-electron chi connectivity index (χ3n) is 6.15. The molecule has 8 nitrogen and oxygen atoms in total. The molecule has 4 rings (SSSR count). The smallest absolute Gasteiger partial charge is 0.410 e. The first kappa shape index (κ1) is 24.8. The van der Waals surface area contributed by atoms with Crippen LogP contribution in [0.5, 0.6) is 0 Å². The Morgan fingerprint density at radius 2 is 1.91 bits per heavy atom. The molecule has 1 saturated carbocycles. The quantitative estimate of drug-likeness (QED) is 0.603. The van der Waals surface area contributed by atoms with E-state index in [1.54, 1.807) is 4.90 Å². The monoisotopic (exact) mass is 506 g/mol. The summed E-state index contributed by atoms with van der Waals surface area (Å²) in [7, 11) is -3.89. The number of allylic oxidation sites excluding steroid dienone is 2. The number of carbonyl (C=O) groups excluding carboxylic acids is 1. The second kappa shape index (κ2) is 9.05. The molecule has 0 saturated heterocycles. The minimum atomic E-state index is -3.89. The van der Waals surface area contributed by atoms with Crippen molar-refractivity contribution < 1.29 is 27.9 Å². The fraction of sp³-hybridized carbons (Fsp3) is 0.500. The van der Waals surface area contributed by atoms with Gasteiger partial charge in [0.25, 0.3) is 0 Å². The maximum atomic E-state index is 13.2. The highest BCUT2D eigenvalue weighted by molar-refractivity contribution is 8.15. The number of aliphatic carboxylic acids is 1. The molecule has 0 bridgehead atoms. The Kier molecular flexibility index (Phi) is 6.61. The third-order valence-corrected chi connectivity index (χ3v) is 9.87. The molecule has 1 fully saturated rings. The minimum absolute atomic E-state index is 0.231. The van der Waals surface area contributed by atoms with Gasteiger partial charge in [-0.1, -0.05) is 42.5 Å². The van der Waals surface area contributed by atoms with Crippen molar-refractivity contribution in [3.8, 4) is 0 Å². The lowest BCUT2D eigenvalue weighted by Crippen LogP contribution is -2.47. The fourth-order valence-corrected chi connectivity index (χ4v) is 7.55. The zero-order valence-electron chi connectivity index (χ0n) is 19.5. The van der Waals surface area contributed by atoms with E-state index in [2.05, 4.69) is 4.72 Å². The number of sulfonamides is 1. The Morgan fingerprint density at radius 3 is 2.50 bits per heavy atom. The second-order valence-electron chi connectivity index (χ2n) is 9.85. The van der Waals surface area contributed by atoms with E-state index in [0.29, 0.717) is 25.9 Å². The number of nitrogens with zero attached hydrogens (tertiary/aromatic N) is 1. The van der Waals surface area contributed by atoms with Crippen molar-refractivity contribution in [1.29, 1.82) is 0 Å². The molecule has 2 heterocycles. The summed E-state index contributed by atoms with van der Waals surface area (Å²) in [4.78, 5) is 26.8. The van der Waals surface area contributed by atoms with E-state index in [9.17, 15) is 23.1 Å². The van der Waals surface area contributed by atoms with E-state index in [0.717, 1.165) is 16.0 Å². The van der Waals surface area contributed by atoms with Gasteiger partial charge < -0.3 is 14.7 Å². The maximum Gasteiger partial charge on any atom is 0.410 e. The van der Waals surface area contributed by atoms with Crippen LogP contribution in [0.25, 0.3) is 0 Å². The Hall–Kier alpha value is -2.30. The highest BCUT2D eigenvalue weighted by Crippen LogP contribution is 2.53. The number of amides is 1. The molecule has 0 spiro atoms. The molecule has 34 heavy (non-hydrogen) atoms. The highest BCUT2D eigenvalue weighted by atomic mass is 32.3. The largest absolute Gasteiger partial charge is 0.480 e. The average molecular weight is 507 g/mol. The first-order chi connectivity index (χ1) is 15.9. The molecule has 1 aromatic rings. The zero-order chi connectivity index (χ0) is 24.7. The predicted molar refractivity (Wildman–Crippen MR) is 131 cm³/mol. The number of nitrogens with one attached hydrogen (secondary N) is 1. The Balaban J connectivity index is 1.38. The number of carbonyl (C=O) groups is 2. The lowest BCUT2D eigenvalue weighted by Gasteiger charge is -2.29. The first-order valence-corrected chi connectivity index (χ1v) is 13.7. The highest BCUT2D eigenvalue weighted by Gasteiger charge is 2.63. The van der Waals surface area contributed by atoms with Gasteiger partial charge in [0.05, 0.1) is 0 Å². The lowest BCUT2D eigenvalue weighted by molar-refractivity contribution is -0.140. The van der Waals surface area contributed by atoms with Crippen LogP contribution >= 0.6 is 11.8 Å². The second-order valence-corrected chi connectivity index (χ2v) is 13.3. The van der Waals surface area contributed by atoms with Crippen LogP contribution in [0.2, 0.25) is 0 Å². The summed E-state index contributed by atoms with van der Waals surface area (Å²) in [6.07, 6.45) is 4.59. The van der Waals surface area contributed by atoms with Crippen molar-refractivity contribution in [3.05, 3.63) is 58.5 Å². The van der Waals surface area contributed by atoms with Crippen LogP contribution in [0.4, 0.5) is 4.79 Å². The summed E-state index contributed by atoms with van der Waals surface area (Å²) < 4.78 is 33.5. The van der Waals surface area contributed by atoms with Gasteiger partial charge in [0.1, 0.15) is 15.7 Å². The van der Waals surface area contributed by atoms with E-state index < -0.39 is 31.7 Å². The van der Waals surface area contributed by atoms with Gasteiger partial charge in [0.15, 0.2) is 0 Å². The number of rotatable bonds is 6. The Labute approximate surface area is 204 Å².